The van der Waals surface area contributed by atoms with E-state index in [2.05, 4.69) is 10.2 Å². The minimum absolute atomic E-state index is 0.0481. The maximum Gasteiger partial charge on any atom is 0.254 e. The van der Waals surface area contributed by atoms with Crippen molar-refractivity contribution in [2.24, 2.45) is 0 Å². The van der Waals surface area contributed by atoms with Gasteiger partial charge in [0.2, 0.25) is 0 Å². The van der Waals surface area contributed by atoms with Gasteiger partial charge in [-0.3, -0.25) is 9.20 Å². The van der Waals surface area contributed by atoms with Crippen molar-refractivity contribution >= 4 is 11.6 Å². The number of methoxy groups -OCH3 is 1. The average molecular weight is 428 g/mol. The van der Waals surface area contributed by atoms with Gasteiger partial charge in [-0.25, -0.2) is 0 Å². The molecule has 7 heteroatoms. The van der Waals surface area contributed by atoms with Crippen molar-refractivity contribution in [3.8, 4) is 11.5 Å². The van der Waals surface area contributed by atoms with Crippen LogP contribution in [0.25, 0.3) is 5.65 Å². The molecule has 4 aromatic rings. The number of pyridine rings is 1. The molecule has 0 bridgehead atoms. The summed E-state index contributed by atoms with van der Waals surface area (Å²) in [6, 6.07) is 21.0. The van der Waals surface area contributed by atoms with Crippen LogP contribution in [0.1, 0.15) is 40.6 Å². The quantitative estimate of drug-likeness (QED) is 0.458. The fourth-order valence-corrected chi connectivity index (χ4v) is 4.19. The van der Waals surface area contributed by atoms with Crippen LogP contribution in [-0.4, -0.2) is 39.1 Å². The fourth-order valence-electron chi connectivity index (χ4n) is 4.19. The van der Waals surface area contributed by atoms with E-state index in [-0.39, 0.29) is 11.9 Å². The van der Waals surface area contributed by atoms with Crippen LogP contribution in [0.15, 0.2) is 72.9 Å². The van der Waals surface area contributed by atoms with Crippen LogP contribution in [0.3, 0.4) is 0 Å². The zero-order valence-corrected chi connectivity index (χ0v) is 17.8. The van der Waals surface area contributed by atoms with E-state index < -0.39 is 0 Å². The Hall–Kier alpha value is -3.87. The summed E-state index contributed by atoms with van der Waals surface area (Å²) in [5.41, 5.74) is 2.41. The summed E-state index contributed by atoms with van der Waals surface area (Å²) in [7, 11) is 1.58. The number of aromatic nitrogens is 3. The topological polar surface area (TPSA) is 69.0 Å². The minimum Gasteiger partial charge on any atom is -0.493 e. The van der Waals surface area contributed by atoms with Crippen LogP contribution >= 0.6 is 0 Å². The molecule has 1 fully saturated rings. The molecule has 1 aliphatic heterocycles. The lowest BCUT2D eigenvalue weighted by atomic mass is 10.1. The van der Waals surface area contributed by atoms with E-state index in [1.165, 1.54) is 0 Å². The second kappa shape index (κ2) is 8.70. The minimum atomic E-state index is -0.111. The fraction of sp³-hybridized carbons (Fsp3) is 0.240. The van der Waals surface area contributed by atoms with Crippen LogP contribution < -0.4 is 9.47 Å². The number of likely N-dealkylation sites (tertiary alicyclic amines) is 1. The van der Waals surface area contributed by atoms with Gasteiger partial charge in [0, 0.05) is 18.3 Å². The Bertz CT molecular complexity index is 1240. The molecule has 0 N–H and O–H groups in total. The third kappa shape index (κ3) is 3.77. The van der Waals surface area contributed by atoms with Gasteiger partial charge < -0.3 is 14.4 Å². The lowest BCUT2D eigenvalue weighted by Crippen LogP contribution is -2.31. The number of fused-ring (bicyclic) bond motifs is 1. The summed E-state index contributed by atoms with van der Waals surface area (Å²) in [5, 5.41) is 8.63. The summed E-state index contributed by atoms with van der Waals surface area (Å²) in [5.74, 6) is 1.89. The number of amides is 1. The molecule has 2 aromatic carbocycles. The molecule has 0 radical (unpaired) electrons. The number of nitrogens with zero attached hydrogens (tertiary/aromatic N) is 4. The lowest BCUT2D eigenvalue weighted by molar-refractivity contribution is 0.0728. The zero-order valence-electron chi connectivity index (χ0n) is 17.8. The normalized spacial score (nSPS) is 15.8. The van der Waals surface area contributed by atoms with Crippen molar-refractivity contribution in [3.63, 3.8) is 0 Å². The van der Waals surface area contributed by atoms with E-state index >= 15 is 0 Å². The van der Waals surface area contributed by atoms with E-state index in [4.69, 9.17) is 9.47 Å². The molecule has 162 valence electrons. The predicted molar refractivity (Wildman–Crippen MR) is 120 cm³/mol. The second-order valence-corrected chi connectivity index (χ2v) is 7.78. The molecular formula is C25H24N4O3. The summed E-state index contributed by atoms with van der Waals surface area (Å²) in [6.45, 7) is 1.11. The van der Waals surface area contributed by atoms with Gasteiger partial charge in [-0.2, -0.15) is 0 Å². The standard InChI is InChI=1S/C25H24N4O3/c1-31-22-16-19(12-13-21(22)32-17-18-8-3-2-4-9-18)25(30)28-15-7-10-20(28)24-27-26-23-11-5-6-14-29(23)24/h2-6,8-9,11-14,16,20H,7,10,15,17H2,1H3/t20-/m1/s1. The summed E-state index contributed by atoms with van der Waals surface area (Å²) in [4.78, 5) is 15.3. The molecule has 0 saturated carbocycles. The molecule has 1 saturated heterocycles. The van der Waals surface area contributed by atoms with Crippen molar-refractivity contribution in [1.29, 1.82) is 0 Å². The molecule has 1 amide bonds. The van der Waals surface area contributed by atoms with Crippen molar-refractivity contribution < 1.29 is 14.3 Å². The van der Waals surface area contributed by atoms with Gasteiger partial charge in [-0.05, 0) is 48.7 Å². The highest BCUT2D eigenvalue weighted by molar-refractivity contribution is 5.95. The largest absolute Gasteiger partial charge is 0.493 e. The van der Waals surface area contributed by atoms with Crippen molar-refractivity contribution in [3.05, 3.63) is 89.9 Å². The van der Waals surface area contributed by atoms with Crippen LogP contribution in [0.5, 0.6) is 11.5 Å². The predicted octanol–water partition coefficient (Wildman–Crippen LogP) is 4.29. The second-order valence-electron chi connectivity index (χ2n) is 7.78. The van der Waals surface area contributed by atoms with Gasteiger partial charge in [0.25, 0.3) is 5.91 Å². The van der Waals surface area contributed by atoms with Gasteiger partial charge >= 0.3 is 0 Å². The number of benzene rings is 2. The average Bonchev–Trinajstić information content (AvgIpc) is 3.50. The molecule has 1 atom stereocenters. The molecule has 2 aromatic heterocycles. The molecular weight excluding hydrogens is 404 g/mol. The number of hydrogen-bond acceptors (Lipinski definition) is 5. The highest BCUT2D eigenvalue weighted by Crippen LogP contribution is 2.34. The third-order valence-electron chi connectivity index (χ3n) is 5.80. The first-order valence-corrected chi connectivity index (χ1v) is 10.7. The molecule has 7 nitrogen and oxygen atoms in total. The summed E-state index contributed by atoms with van der Waals surface area (Å²) >= 11 is 0. The SMILES string of the molecule is COc1cc(C(=O)N2CCC[C@@H]2c2nnc3ccccn23)ccc1OCc1ccccc1. The van der Waals surface area contributed by atoms with Gasteiger partial charge in [-0.1, -0.05) is 36.4 Å². The monoisotopic (exact) mass is 428 g/mol. The maximum atomic E-state index is 13.4. The van der Waals surface area contributed by atoms with Crippen LogP contribution in [0, 0.1) is 0 Å². The Balaban J connectivity index is 1.37. The van der Waals surface area contributed by atoms with Gasteiger partial charge in [-0.15, -0.1) is 10.2 Å². The van der Waals surface area contributed by atoms with Gasteiger partial charge in [0.05, 0.1) is 13.2 Å². The molecule has 0 aliphatic carbocycles. The van der Waals surface area contributed by atoms with E-state index in [1.54, 1.807) is 25.3 Å². The lowest BCUT2D eigenvalue weighted by Gasteiger charge is -2.24. The van der Waals surface area contributed by atoms with E-state index in [9.17, 15) is 4.79 Å². The van der Waals surface area contributed by atoms with Crippen LogP contribution in [0.2, 0.25) is 0 Å². The molecule has 32 heavy (non-hydrogen) atoms. The van der Waals surface area contributed by atoms with Gasteiger partial charge in [0.1, 0.15) is 6.61 Å². The summed E-state index contributed by atoms with van der Waals surface area (Å²) in [6.07, 6.45) is 3.72. The van der Waals surface area contributed by atoms with Gasteiger partial charge in [0.15, 0.2) is 23.0 Å². The van der Waals surface area contributed by atoms with Crippen LogP contribution in [0.4, 0.5) is 0 Å². The first-order chi connectivity index (χ1) is 15.7. The third-order valence-corrected chi connectivity index (χ3v) is 5.80. The number of ether oxygens (including phenoxy) is 2. The Morgan fingerprint density at radius 2 is 1.88 bits per heavy atom. The number of carbonyl (C=O) groups is 1. The first kappa shape index (κ1) is 20.1. The van der Waals surface area contributed by atoms with Crippen LogP contribution in [-0.2, 0) is 6.61 Å². The van der Waals surface area contributed by atoms with Crippen molar-refractivity contribution in [2.75, 3.05) is 13.7 Å². The molecule has 5 rings (SSSR count). The highest BCUT2D eigenvalue weighted by Gasteiger charge is 2.34. The highest BCUT2D eigenvalue weighted by atomic mass is 16.5. The Kier molecular flexibility index (Phi) is 5.46. The Morgan fingerprint density at radius 1 is 1.03 bits per heavy atom. The number of rotatable bonds is 6. The molecule has 1 aliphatic rings. The molecule has 0 unspecified atom stereocenters. The molecule has 0 spiro atoms. The van der Waals surface area contributed by atoms with E-state index in [0.29, 0.717) is 30.2 Å². The summed E-state index contributed by atoms with van der Waals surface area (Å²) < 4.78 is 13.4. The maximum absolute atomic E-state index is 13.4. The Labute approximate surface area is 186 Å². The van der Waals surface area contributed by atoms with Crippen molar-refractivity contribution in [1.82, 2.24) is 19.5 Å². The smallest absolute Gasteiger partial charge is 0.254 e. The Morgan fingerprint density at radius 3 is 2.72 bits per heavy atom. The molecule has 3 heterocycles. The number of carbonyl (C=O) groups excluding carboxylic acids is 1. The number of hydrogen-bond donors (Lipinski definition) is 0. The van der Waals surface area contributed by atoms with E-state index in [1.807, 2.05) is 64.0 Å². The van der Waals surface area contributed by atoms with E-state index in [0.717, 1.165) is 29.9 Å². The first-order valence-electron chi connectivity index (χ1n) is 10.7. The van der Waals surface area contributed by atoms with Crippen molar-refractivity contribution in [2.45, 2.75) is 25.5 Å². The zero-order chi connectivity index (χ0) is 21.9.